The first kappa shape index (κ1) is 11.4. The average molecular weight is 238 g/mol. The van der Waals surface area contributed by atoms with Crippen LogP contribution in [0.1, 0.15) is 31.3 Å². The van der Waals surface area contributed by atoms with E-state index in [1.807, 2.05) is 18.3 Å². The van der Waals surface area contributed by atoms with Gasteiger partial charge in [0.2, 0.25) is 0 Å². The van der Waals surface area contributed by atoms with E-state index in [1.54, 1.807) is 0 Å². The van der Waals surface area contributed by atoms with Gasteiger partial charge in [-0.3, -0.25) is 0 Å². The summed E-state index contributed by atoms with van der Waals surface area (Å²) in [5.41, 5.74) is 7.59. The Hall–Kier alpha value is -1.06. The highest BCUT2D eigenvalue weighted by Gasteiger charge is 2.14. The summed E-state index contributed by atoms with van der Waals surface area (Å²) < 4.78 is 2.07. The molecule has 0 unspecified atom stereocenters. The third-order valence-electron chi connectivity index (χ3n) is 2.61. The van der Waals surface area contributed by atoms with Gasteiger partial charge in [0.1, 0.15) is 5.82 Å². The quantitative estimate of drug-likeness (QED) is 0.892. The number of hydrogen-bond donors (Lipinski definition) is 1. The Morgan fingerprint density at radius 2 is 2.25 bits per heavy atom. The molecule has 2 N–H and O–H groups in total. The van der Waals surface area contributed by atoms with Gasteiger partial charge in [0.25, 0.3) is 0 Å². The van der Waals surface area contributed by atoms with E-state index in [2.05, 4.69) is 23.2 Å². The van der Waals surface area contributed by atoms with Gasteiger partial charge in [0, 0.05) is 18.5 Å². The second-order valence-electron chi connectivity index (χ2n) is 4.18. The molecule has 0 bridgehead atoms. The van der Waals surface area contributed by atoms with Gasteiger partial charge in [-0.1, -0.05) is 25.4 Å². The van der Waals surface area contributed by atoms with E-state index < -0.39 is 0 Å². The van der Waals surface area contributed by atoms with Gasteiger partial charge in [0.15, 0.2) is 0 Å². The van der Waals surface area contributed by atoms with E-state index in [0.717, 1.165) is 28.5 Å². The molecular formula is C12H16ClN3. The zero-order valence-electron chi connectivity index (χ0n) is 9.57. The molecule has 0 aliphatic carbocycles. The Morgan fingerprint density at radius 3 is 2.88 bits per heavy atom. The van der Waals surface area contributed by atoms with Crippen molar-refractivity contribution in [3.8, 4) is 0 Å². The van der Waals surface area contributed by atoms with Gasteiger partial charge in [-0.15, -0.1) is 0 Å². The van der Waals surface area contributed by atoms with Crippen LogP contribution in [0.2, 0.25) is 5.02 Å². The van der Waals surface area contributed by atoms with Crippen LogP contribution in [0, 0.1) is 0 Å². The number of nitrogens with zero attached hydrogens (tertiary/aromatic N) is 2. The van der Waals surface area contributed by atoms with Crippen molar-refractivity contribution in [1.82, 2.24) is 9.38 Å². The smallest absolute Gasteiger partial charge is 0.116 e. The van der Waals surface area contributed by atoms with Crippen molar-refractivity contribution in [2.75, 3.05) is 6.54 Å². The molecule has 3 nitrogen and oxygen atoms in total. The maximum Gasteiger partial charge on any atom is 0.116 e. The van der Waals surface area contributed by atoms with Gasteiger partial charge in [0.05, 0.1) is 16.2 Å². The highest BCUT2D eigenvalue weighted by atomic mass is 35.5. The number of aromatic nitrogens is 2. The molecule has 0 spiro atoms. The lowest BCUT2D eigenvalue weighted by molar-refractivity contribution is 0.764. The molecule has 0 aliphatic heterocycles. The lowest BCUT2D eigenvalue weighted by Crippen LogP contribution is -2.03. The van der Waals surface area contributed by atoms with Crippen LogP contribution in [-0.2, 0) is 6.42 Å². The van der Waals surface area contributed by atoms with Crippen LogP contribution in [-0.4, -0.2) is 15.9 Å². The molecule has 86 valence electrons. The van der Waals surface area contributed by atoms with Gasteiger partial charge in [-0.2, -0.15) is 0 Å². The molecule has 0 atom stereocenters. The number of hydrogen-bond acceptors (Lipinski definition) is 2. The first-order valence-corrected chi connectivity index (χ1v) is 5.88. The fourth-order valence-corrected chi connectivity index (χ4v) is 2.19. The minimum Gasteiger partial charge on any atom is -0.330 e. The number of pyridine rings is 1. The number of nitrogens with two attached hydrogens (primary N) is 1. The maximum absolute atomic E-state index is 6.21. The fourth-order valence-electron chi connectivity index (χ4n) is 1.91. The van der Waals surface area contributed by atoms with Crippen LogP contribution in [0.5, 0.6) is 0 Å². The molecule has 0 saturated carbocycles. The summed E-state index contributed by atoms with van der Waals surface area (Å²) >= 11 is 6.21. The highest BCUT2D eigenvalue weighted by Crippen LogP contribution is 2.25. The molecule has 2 aromatic heterocycles. The van der Waals surface area contributed by atoms with E-state index in [0.29, 0.717) is 12.5 Å². The van der Waals surface area contributed by atoms with Gasteiger partial charge < -0.3 is 10.1 Å². The summed E-state index contributed by atoms with van der Waals surface area (Å²) in [7, 11) is 0. The molecule has 2 aromatic rings. The number of fused-ring (bicyclic) bond motifs is 1. The van der Waals surface area contributed by atoms with E-state index >= 15 is 0 Å². The number of halogens is 1. The van der Waals surface area contributed by atoms with E-state index in [-0.39, 0.29) is 0 Å². The minimum atomic E-state index is 0.373. The molecule has 0 radical (unpaired) electrons. The predicted octanol–water partition coefficient (Wildman–Crippen LogP) is 2.61. The van der Waals surface area contributed by atoms with Crippen LogP contribution >= 0.6 is 11.6 Å². The van der Waals surface area contributed by atoms with Gasteiger partial charge in [-0.05, 0) is 18.7 Å². The SMILES string of the molecule is CC(C)c1nc(CCN)c2c(Cl)cccn12. The Labute approximate surface area is 100 Å². The second kappa shape index (κ2) is 4.44. The predicted molar refractivity (Wildman–Crippen MR) is 67.0 cm³/mol. The van der Waals surface area contributed by atoms with Crippen LogP contribution in [0.25, 0.3) is 5.52 Å². The van der Waals surface area contributed by atoms with E-state index in [9.17, 15) is 0 Å². The molecule has 2 heterocycles. The third-order valence-corrected chi connectivity index (χ3v) is 2.92. The molecule has 16 heavy (non-hydrogen) atoms. The second-order valence-corrected chi connectivity index (χ2v) is 4.59. The number of rotatable bonds is 3. The van der Waals surface area contributed by atoms with Crippen LogP contribution in [0.15, 0.2) is 18.3 Å². The van der Waals surface area contributed by atoms with Crippen LogP contribution in [0.4, 0.5) is 0 Å². The highest BCUT2D eigenvalue weighted by molar-refractivity contribution is 6.34. The molecule has 0 amide bonds. The topological polar surface area (TPSA) is 43.3 Å². The Balaban J connectivity index is 2.71. The summed E-state index contributed by atoms with van der Waals surface area (Å²) in [5.74, 6) is 1.42. The first-order chi connectivity index (χ1) is 7.65. The first-order valence-electron chi connectivity index (χ1n) is 5.50. The Morgan fingerprint density at radius 1 is 1.50 bits per heavy atom. The van der Waals surface area contributed by atoms with Crippen molar-refractivity contribution in [3.63, 3.8) is 0 Å². The third kappa shape index (κ3) is 1.81. The maximum atomic E-state index is 6.21. The summed E-state index contributed by atoms with van der Waals surface area (Å²) in [6.45, 7) is 4.85. The number of imidazole rings is 1. The van der Waals surface area contributed by atoms with Crippen molar-refractivity contribution in [1.29, 1.82) is 0 Å². The summed E-state index contributed by atoms with van der Waals surface area (Å²) in [4.78, 5) is 4.64. The molecule has 2 rings (SSSR count). The van der Waals surface area contributed by atoms with E-state index in [4.69, 9.17) is 17.3 Å². The lowest BCUT2D eigenvalue weighted by atomic mass is 10.2. The summed E-state index contributed by atoms with van der Waals surface area (Å²) in [5, 5.41) is 0.741. The molecule has 0 fully saturated rings. The van der Waals surface area contributed by atoms with Gasteiger partial charge >= 0.3 is 0 Å². The minimum absolute atomic E-state index is 0.373. The van der Waals surface area contributed by atoms with Crippen molar-refractivity contribution in [2.45, 2.75) is 26.2 Å². The van der Waals surface area contributed by atoms with Crippen molar-refractivity contribution >= 4 is 17.1 Å². The monoisotopic (exact) mass is 237 g/mol. The van der Waals surface area contributed by atoms with E-state index in [1.165, 1.54) is 0 Å². The lowest BCUT2D eigenvalue weighted by Gasteiger charge is -2.04. The van der Waals surface area contributed by atoms with Crippen molar-refractivity contribution in [3.05, 3.63) is 34.9 Å². The Bertz CT molecular complexity index is 502. The summed E-state index contributed by atoms with van der Waals surface area (Å²) in [6.07, 6.45) is 2.77. The zero-order chi connectivity index (χ0) is 11.7. The largest absolute Gasteiger partial charge is 0.330 e. The normalized spacial score (nSPS) is 11.6. The molecule has 4 heteroatoms. The molecular weight excluding hydrogens is 222 g/mol. The standard InChI is InChI=1S/C12H16ClN3/c1-8(2)12-15-10(5-6-14)11-9(13)4-3-7-16(11)12/h3-4,7-8H,5-6,14H2,1-2H3. The average Bonchev–Trinajstić information content (AvgIpc) is 2.59. The molecule has 0 saturated heterocycles. The van der Waals surface area contributed by atoms with Gasteiger partial charge in [-0.25, -0.2) is 4.98 Å². The van der Waals surface area contributed by atoms with Crippen molar-refractivity contribution in [2.24, 2.45) is 5.73 Å². The molecule has 0 aromatic carbocycles. The molecule has 0 aliphatic rings. The van der Waals surface area contributed by atoms with Crippen LogP contribution < -0.4 is 5.73 Å². The Kier molecular flexibility index (Phi) is 3.17. The fraction of sp³-hybridized carbons (Fsp3) is 0.417. The zero-order valence-corrected chi connectivity index (χ0v) is 10.3. The van der Waals surface area contributed by atoms with Crippen molar-refractivity contribution < 1.29 is 0 Å². The van der Waals surface area contributed by atoms with Crippen LogP contribution in [0.3, 0.4) is 0 Å². The summed E-state index contributed by atoms with van der Waals surface area (Å²) in [6, 6.07) is 3.83.